The summed E-state index contributed by atoms with van der Waals surface area (Å²) in [4.78, 5) is 15.8. The van der Waals surface area contributed by atoms with E-state index < -0.39 is 5.91 Å². The number of benzene rings is 2. The molecule has 0 aliphatic heterocycles. The van der Waals surface area contributed by atoms with Gasteiger partial charge in [-0.3, -0.25) is 4.79 Å². The van der Waals surface area contributed by atoms with Crippen LogP contribution in [0.3, 0.4) is 0 Å². The Hall–Kier alpha value is -3.25. The molecule has 5 nitrogen and oxygen atoms in total. The van der Waals surface area contributed by atoms with Crippen LogP contribution < -0.4 is 10.2 Å². The van der Waals surface area contributed by atoms with Crippen LogP contribution in [0.2, 0.25) is 5.15 Å². The molecule has 0 spiro atoms. The molecule has 0 unspecified atom stereocenters. The van der Waals surface area contributed by atoms with E-state index in [9.17, 15) is 9.18 Å². The van der Waals surface area contributed by atoms with Crippen LogP contribution in [-0.4, -0.2) is 17.1 Å². The van der Waals surface area contributed by atoms with Crippen LogP contribution in [0.15, 0.2) is 72.0 Å². The van der Waals surface area contributed by atoms with E-state index in [1.807, 2.05) is 6.07 Å². The number of carbonyl (C=O) groups is 1. The van der Waals surface area contributed by atoms with E-state index in [0.29, 0.717) is 12.4 Å². The van der Waals surface area contributed by atoms with Crippen molar-refractivity contribution in [1.29, 1.82) is 0 Å². The number of nitrogens with one attached hydrogen (secondary N) is 1. The Labute approximate surface area is 160 Å². The summed E-state index contributed by atoms with van der Waals surface area (Å²) in [6, 6.07) is 16.5. The monoisotopic (exact) mass is 383 g/mol. The van der Waals surface area contributed by atoms with Crippen molar-refractivity contribution in [3.63, 3.8) is 0 Å². The van der Waals surface area contributed by atoms with Crippen LogP contribution >= 0.6 is 11.6 Å². The average Bonchev–Trinajstić information content (AvgIpc) is 2.68. The number of hydrogen-bond donors (Lipinski definition) is 1. The molecule has 0 aliphatic rings. The lowest BCUT2D eigenvalue weighted by Gasteiger charge is -2.07. The Morgan fingerprint density at radius 1 is 1.19 bits per heavy atom. The van der Waals surface area contributed by atoms with E-state index in [1.165, 1.54) is 24.5 Å². The molecule has 0 radical (unpaired) electrons. The van der Waals surface area contributed by atoms with E-state index in [0.717, 1.165) is 11.1 Å². The Bertz CT molecular complexity index is 961. The van der Waals surface area contributed by atoms with Gasteiger partial charge in [0.25, 0.3) is 5.91 Å². The Morgan fingerprint density at radius 3 is 2.78 bits per heavy atom. The van der Waals surface area contributed by atoms with Crippen molar-refractivity contribution < 1.29 is 13.9 Å². The number of aromatic nitrogens is 1. The molecule has 0 atom stereocenters. The summed E-state index contributed by atoms with van der Waals surface area (Å²) >= 11 is 5.87. The van der Waals surface area contributed by atoms with E-state index in [1.54, 1.807) is 42.5 Å². The number of ether oxygens (including phenoxy) is 1. The lowest BCUT2D eigenvalue weighted by atomic mass is 10.2. The predicted molar refractivity (Wildman–Crippen MR) is 101 cm³/mol. The SMILES string of the molecule is O=C(NN=Cc1cccc(OCc2ccc(F)cc2)c1)c1cccnc1Cl. The second-order valence-electron chi connectivity index (χ2n) is 5.53. The summed E-state index contributed by atoms with van der Waals surface area (Å²) < 4.78 is 18.6. The fourth-order valence-corrected chi connectivity index (χ4v) is 2.42. The first-order chi connectivity index (χ1) is 13.1. The molecule has 1 heterocycles. The minimum atomic E-state index is -0.451. The van der Waals surface area contributed by atoms with Gasteiger partial charge in [0.05, 0.1) is 11.8 Å². The van der Waals surface area contributed by atoms with Gasteiger partial charge >= 0.3 is 0 Å². The van der Waals surface area contributed by atoms with Gasteiger partial charge in [-0.1, -0.05) is 35.9 Å². The van der Waals surface area contributed by atoms with Gasteiger partial charge in [0, 0.05) is 6.20 Å². The molecule has 0 fully saturated rings. The lowest BCUT2D eigenvalue weighted by molar-refractivity contribution is 0.0955. The zero-order valence-corrected chi connectivity index (χ0v) is 14.9. The second-order valence-corrected chi connectivity index (χ2v) is 5.89. The molecule has 1 aromatic heterocycles. The highest BCUT2D eigenvalue weighted by atomic mass is 35.5. The average molecular weight is 384 g/mol. The molecule has 136 valence electrons. The molecule has 0 bridgehead atoms. The van der Waals surface area contributed by atoms with Gasteiger partial charge in [0.15, 0.2) is 0 Å². The van der Waals surface area contributed by atoms with Gasteiger partial charge in [0.1, 0.15) is 23.3 Å². The normalized spacial score (nSPS) is 10.7. The van der Waals surface area contributed by atoms with Crippen molar-refractivity contribution >= 4 is 23.7 Å². The molecule has 27 heavy (non-hydrogen) atoms. The fourth-order valence-electron chi connectivity index (χ4n) is 2.21. The third-order valence-electron chi connectivity index (χ3n) is 3.56. The molecule has 0 aliphatic carbocycles. The number of halogens is 2. The van der Waals surface area contributed by atoms with Gasteiger partial charge in [-0.25, -0.2) is 14.8 Å². The summed E-state index contributed by atoms with van der Waals surface area (Å²) in [7, 11) is 0. The summed E-state index contributed by atoms with van der Waals surface area (Å²) in [5.41, 5.74) is 4.24. The molecular formula is C20H15ClFN3O2. The summed E-state index contributed by atoms with van der Waals surface area (Å²) in [5.74, 6) is -0.107. The molecule has 0 saturated carbocycles. The van der Waals surface area contributed by atoms with Gasteiger partial charge in [-0.05, 0) is 47.5 Å². The molecule has 3 aromatic rings. The zero-order chi connectivity index (χ0) is 19.1. The molecule has 3 rings (SSSR count). The van der Waals surface area contributed by atoms with E-state index in [-0.39, 0.29) is 16.5 Å². The number of amides is 1. The molecular weight excluding hydrogens is 369 g/mol. The minimum Gasteiger partial charge on any atom is -0.489 e. The van der Waals surface area contributed by atoms with Crippen LogP contribution in [0.25, 0.3) is 0 Å². The molecule has 0 saturated heterocycles. The Morgan fingerprint density at radius 2 is 2.00 bits per heavy atom. The minimum absolute atomic E-state index is 0.112. The highest BCUT2D eigenvalue weighted by Crippen LogP contribution is 2.15. The summed E-state index contributed by atoms with van der Waals surface area (Å²) in [6.07, 6.45) is 2.99. The number of hydrazone groups is 1. The highest BCUT2D eigenvalue weighted by Gasteiger charge is 2.09. The van der Waals surface area contributed by atoms with Crippen molar-refractivity contribution in [2.24, 2.45) is 5.10 Å². The molecule has 2 aromatic carbocycles. The van der Waals surface area contributed by atoms with Crippen molar-refractivity contribution in [2.75, 3.05) is 0 Å². The van der Waals surface area contributed by atoms with E-state index in [2.05, 4.69) is 15.5 Å². The largest absolute Gasteiger partial charge is 0.489 e. The Balaban J connectivity index is 1.58. The Kier molecular flexibility index (Phi) is 6.12. The second kappa shape index (κ2) is 8.91. The van der Waals surface area contributed by atoms with Crippen molar-refractivity contribution in [3.8, 4) is 5.75 Å². The maximum atomic E-state index is 12.9. The number of nitrogens with zero attached hydrogens (tertiary/aromatic N) is 2. The van der Waals surface area contributed by atoms with Crippen LogP contribution in [0.4, 0.5) is 4.39 Å². The van der Waals surface area contributed by atoms with Gasteiger partial charge < -0.3 is 4.74 Å². The first-order valence-electron chi connectivity index (χ1n) is 8.03. The number of hydrogen-bond acceptors (Lipinski definition) is 4. The highest BCUT2D eigenvalue weighted by molar-refractivity contribution is 6.32. The lowest BCUT2D eigenvalue weighted by Crippen LogP contribution is -2.18. The fraction of sp³-hybridized carbons (Fsp3) is 0.0500. The predicted octanol–water partition coefficient (Wildman–Crippen LogP) is 4.22. The van der Waals surface area contributed by atoms with Gasteiger partial charge in [-0.2, -0.15) is 5.10 Å². The van der Waals surface area contributed by atoms with Crippen molar-refractivity contribution in [3.05, 3.63) is 94.5 Å². The number of carbonyl (C=O) groups excluding carboxylic acids is 1. The van der Waals surface area contributed by atoms with Crippen LogP contribution in [-0.2, 0) is 6.61 Å². The van der Waals surface area contributed by atoms with E-state index in [4.69, 9.17) is 16.3 Å². The van der Waals surface area contributed by atoms with Crippen LogP contribution in [0, 0.1) is 5.82 Å². The van der Waals surface area contributed by atoms with Gasteiger partial charge in [-0.15, -0.1) is 0 Å². The molecule has 7 heteroatoms. The first kappa shape index (κ1) is 18.5. The maximum absolute atomic E-state index is 12.9. The molecule has 1 amide bonds. The smallest absolute Gasteiger partial charge is 0.274 e. The third kappa shape index (κ3) is 5.36. The summed E-state index contributed by atoms with van der Waals surface area (Å²) in [6.45, 7) is 0.317. The topological polar surface area (TPSA) is 63.6 Å². The van der Waals surface area contributed by atoms with Crippen LogP contribution in [0.1, 0.15) is 21.5 Å². The standard InChI is InChI=1S/C20H15ClFN3O2/c21-19-18(5-2-10-23-19)20(26)25-24-12-15-3-1-4-17(11-15)27-13-14-6-8-16(22)9-7-14/h1-12H,13H2,(H,25,26). The third-order valence-corrected chi connectivity index (χ3v) is 3.86. The quantitative estimate of drug-likeness (QED) is 0.394. The van der Waals surface area contributed by atoms with E-state index >= 15 is 0 Å². The number of pyridine rings is 1. The number of rotatable bonds is 6. The van der Waals surface area contributed by atoms with Crippen molar-refractivity contribution in [2.45, 2.75) is 6.61 Å². The van der Waals surface area contributed by atoms with Crippen molar-refractivity contribution in [1.82, 2.24) is 10.4 Å². The molecule has 1 N–H and O–H groups in total. The van der Waals surface area contributed by atoms with Gasteiger partial charge in [0.2, 0.25) is 0 Å². The zero-order valence-electron chi connectivity index (χ0n) is 14.1. The maximum Gasteiger partial charge on any atom is 0.274 e. The van der Waals surface area contributed by atoms with Crippen LogP contribution in [0.5, 0.6) is 5.75 Å². The first-order valence-corrected chi connectivity index (χ1v) is 8.41. The summed E-state index contributed by atoms with van der Waals surface area (Å²) in [5, 5.41) is 4.03.